The van der Waals surface area contributed by atoms with Crippen LogP contribution in [0.25, 0.3) is 0 Å². The summed E-state index contributed by atoms with van der Waals surface area (Å²) in [6.07, 6.45) is -9.76. The first kappa shape index (κ1) is 40.6. The van der Waals surface area contributed by atoms with E-state index in [-0.39, 0.29) is 56.9 Å². The lowest BCUT2D eigenvalue weighted by Gasteiger charge is -2.42. The van der Waals surface area contributed by atoms with Gasteiger partial charge in [0.2, 0.25) is 0 Å². The molecule has 9 rings (SSSR count). The number of rotatable bonds is 5. The number of phenolic OH excluding ortho intramolecular Hbond substituents is 12. The van der Waals surface area contributed by atoms with Crippen LogP contribution in [0.5, 0.6) is 86.2 Å². The van der Waals surface area contributed by atoms with Crippen molar-refractivity contribution in [2.45, 2.75) is 54.9 Å². The first-order valence-corrected chi connectivity index (χ1v) is 19.3. The Labute approximate surface area is 354 Å². The predicted molar refractivity (Wildman–Crippen MR) is 214 cm³/mol. The molecule has 0 spiro atoms. The van der Waals surface area contributed by atoms with Crippen LogP contribution >= 0.6 is 0 Å². The van der Waals surface area contributed by atoms with E-state index in [2.05, 4.69) is 0 Å². The summed E-state index contributed by atoms with van der Waals surface area (Å²) in [5.41, 5.74) is -1.17. The summed E-state index contributed by atoms with van der Waals surface area (Å²) in [5, 5.41) is 166. The highest BCUT2D eigenvalue weighted by Crippen LogP contribution is 2.62. The largest absolute Gasteiger partial charge is 0.508 e. The zero-order chi connectivity index (χ0) is 44.9. The Morgan fingerprint density at radius 3 is 1.35 bits per heavy atom. The normalized spacial score (nSPS) is 23.6. The maximum atomic E-state index is 12.3. The zero-order valence-corrected chi connectivity index (χ0v) is 32.3. The van der Waals surface area contributed by atoms with Crippen molar-refractivity contribution in [2.75, 3.05) is 0 Å². The average molecular weight is 867 g/mol. The minimum absolute atomic E-state index is 0.0175. The van der Waals surface area contributed by atoms with Crippen molar-refractivity contribution in [2.24, 2.45) is 0 Å². The van der Waals surface area contributed by atoms with Gasteiger partial charge in [-0.15, -0.1) is 0 Å². The van der Waals surface area contributed by atoms with Gasteiger partial charge in [-0.1, -0.05) is 18.2 Å². The molecule has 6 aromatic carbocycles. The number of aliphatic hydroxyl groups is 3. The number of aliphatic hydroxyl groups excluding tert-OH is 3. The van der Waals surface area contributed by atoms with Crippen LogP contribution in [-0.4, -0.2) is 94.9 Å². The number of ether oxygens (including phenoxy) is 3. The summed E-state index contributed by atoms with van der Waals surface area (Å²) in [7, 11) is 0. The standard InChI is InChI=1S/C45H38O18/c46-18-10-26(53)33-32(11-18)62-43(16-2-5-21(48)24(51)8-16)40(59)37(33)35-27(54)13-28(55)36-38(41(60)44(63-45(35)36)17-3-6-22(49)25(52)9-17)34-29(56)14-31-19(39(34)58)12-30(57)42(61-31)15-1-4-20(47)23(50)7-15/h1-11,13-14,30,37-38,40-44,46-60H,12H2/t30-,37?,38?,40-,41-,42-,43-,44-/m1/s1. The molecule has 18 nitrogen and oxygen atoms in total. The van der Waals surface area contributed by atoms with E-state index in [9.17, 15) is 76.6 Å². The molecule has 2 unspecified atom stereocenters. The number of fused-ring (bicyclic) bond motifs is 3. The van der Waals surface area contributed by atoms with Gasteiger partial charge < -0.3 is 90.8 Å². The predicted octanol–water partition coefficient (Wildman–Crippen LogP) is 4.44. The van der Waals surface area contributed by atoms with Gasteiger partial charge in [-0.3, -0.25) is 0 Å². The van der Waals surface area contributed by atoms with Crippen LogP contribution < -0.4 is 14.2 Å². The van der Waals surface area contributed by atoms with Crippen LogP contribution in [0.3, 0.4) is 0 Å². The Balaban J connectivity index is 1.26. The third-order valence-corrected chi connectivity index (χ3v) is 11.8. The minimum Gasteiger partial charge on any atom is -0.508 e. The molecule has 0 fully saturated rings. The molecule has 8 atom stereocenters. The molecule has 63 heavy (non-hydrogen) atoms. The van der Waals surface area contributed by atoms with Gasteiger partial charge in [-0.2, -0.15) is 0 Å². The maximum Gasteiger partial charge on any atom is 0.157 e. The van der Waals surface area contributed by atoms with Gasteiger partial charge in [0.05, 0.1) is 17.9 Å². The van der Waals surface area contributed by atoms with Crippen molar-refractivity contribution in [3.63, 3.8) is 0 Å². The van der Waals surface area contributed by atoms with Crippen LogP contribution in [0.1, 0.15) is 74.7 Å². The molecule has 15 N–H and O–H groups in total. The van der Waals surface area contributed by atoms with Crippen molar-refractivity contribution < 1.29 is 90.8 Å². The fourth-order valence-electron chi connectivity index (χ4n) is 8.93. The third kappa shape index (κ3) is 6.46. The summed E-state index contributed by atoms with van der Waals surface area (Å²) in [5.74, 6) is -11.5. The minimum atomic E-state index is -1.91. The summed E-state index contributed by atoms with van der Waals surface area (Å²) in [6.45, 7) is 0. The van der Waals surface area contributed by atoms with Crippen LogP contribution in [0.15, 0.2) is 78.9 Å². The van der Waals surface area contributed by atoms with Gasteiger partial charge in [0.1, 0.15) is 70.1 Å². The molecule has 0 radical (unpaired) electrons. The topological polar surface area (TPSA) is 331 Å². The molecule has 0 aromatic heterocycles. The van der Waals surface area contributed by atoms with E-state index in [1.807, 2.05) is 0 Å². The smallest absolute Gasteiger partial charge is 0.157 e. The molecule has 3 aliphatic heterocycles. The number of hydrogen-bond acceptors (Lipinski definition) is 18. The molecule has 0 saturated carbocycles. The second-order valence-electron chi connectivity index (χ2n) is 15.7. The van der Waals surface area contributed by atoms with Gasteiger partial charge in [0.15, 0.2) is 46.7 Å². The van der Waals surface area contributed by atoms with Crippen molar-refractivity contribution in [1.29, 1.82) is 0 Å². The van der Waals surface area contributed by atoms with Gasteiger partial charge in [0.25, 0.3) is 0 Å². The van der Waals surface area contributed by atoms with Crippen molar-refractivity contribution in [3.05, 3.63) is 123 Å². The summed E-state index contributed by atoms with van der Waals surface area (Å²) in [6, 6.07) is 14.6. The highest BCUT2D eigenvalue weighted by atomic mass is 16.5. The molecule has 6 aromatic rings. The molecule has 326 valence electrons. The molecule has 3 heterocycles. The molecule has 0 amide bonds. The second-order valence-corrected chi connectivity index (χ2v) is 15.7. The first-order valence-electron chi connectivity index (χ1n) is 19.3. The lowest BCUT2D eigenvalue weighted by Crippen LogP contribution is -2.38. The van der Waals surface area contributed by atoms with Gasteiger partial charge in [-0.25, -0.2) is 0 Å². The average Bonchev–Trinajstić information content (AvgIpc) is 3.22. The quantitative estimate of drug-likeness (QED) is 0.106. The van der Waals surface area contributed by atoms with Gasteiger partial charge in [0, 0.05) is 58.5 Å². The highest BCUT2D eigenvalue weighted by Gasteiger charge is 2.50. The van der Waals surface area contributed by atoms with Crippen molar-refractivity contribution in [1.82, 2.24) is 0 Å². The lowest BCUT2D eigenvalue weighted by atomic mass is 9.73. The Morgan fingerprint density at radius 2 is 0.825 bits per heavy atom. The van der Waals surface area contributed by atoms with Gasteiger partial charge >= 0.3 is 0 Å². The first-order chi connectivity index (χ1) is 29.9. The van der Waals surface area contributed by atoms with Crippen LogP contribution in [-0.2, 0) is 6.42 Å². The molecule has 0 aliphatic carbocycles. The fourth-order valence-corrected chi connectivity index (χ4v) is 8.93. The van der Waals surface area contributed by atoms with E-state index in [0.717, 1.165) is 48.5 Å². The SMILES string of the molecule is Oc1cc(O)c2c(c1)O[C@H](c1ccc(O)c(O)c1)[C@H](O)C2c1c(O)cc(O)c2c1O[C@H](c1ccc(O)c(O)c1)[C@H](O)C2c1c(O)cc2c(c1O)C[C@@H](O)[C@@H](c1ccc(O)c(O)c1)O2. The number of aromatic hydroxyl groups is 12. The molecule has 0 saturated heterocycles. The van der Waals surface area contributed by atoms with E-state index in [0.29, 0.717) is 0 Å². The molecular formula is C45H38O18. The second kappa shape index (κ2) is 14.7. The van der Waals surface area contributed by atoms with E-state index >= 15 is 0 Å². The number of phenols is 12. The highest BCUT2D eigenvalue weighted by molar-refractivity contribution is 5.70. The molecule has 0 bridgehead atoms. The van der Waals surface area contributed by atoms with E-state index in [1.165, 1.54) is 30.3 Å². The van der Waals surface area contributed by atoms with Gasteiger partial charge in [-0.05, 0) is 53.1 Å². The Hall–Kier alpha value is -7.80. The van der Waals surface area contributed by atoms with Crippen LogP contribution in [0, 0.1) is 0 Å². The monoisotopic (exact) mass is 866 g/mol. The summed E-state index contributed by atoms with van der Waals surface area (Å²) >= 11 is 0. The Kier molecular flexibility index (Phi) is 9.46. The Morgan fingerprint density at radius 1 is 0.381 bits per heavy atom. The van der Waals surface area contributed by atoms with Crippen molar-refractivity contribution >= 4 is 0 Å². The van der Waals surface area contributed by atoms with E-state index in [1.54, 1.807) is 0 Å². The van der Waals surface area contributed by atoms with Crippen LogP contribution in [0.2, 0.25) is 0 Å². The Bertz CT molecular complexity index is 2840. The van der Waals surface area contributed by atoms with Crippen LogP contribution in [0.4, 0.5) is 0 Å². The maximum absolute atomic E-state index is 12.3. The number of benzene rings is 6. The zero-order valence-electron chi connectivity index (χ0n) is 32.3. The summed E-state index contributed by atoms with van der Waals surface area (Å²) in [4.78, 5) is 0. The van der Waals surface area contributed by atoms with E-state index < -0.39 is 129 Å². The molecule has 3 aliphatic rings. The molecule has 18 heteroatoms. The summed E-state index contributed by atoms with van der Waals surface area (Å²) < 4.78 is 18.5. The molecular weight excluding hydrogens is 828 g/mol. The lowest BCUT2D eigenvalue weighted by molar-refractivity contribution is -0.00377. The fraction of sp³-hybridized carbons (Fsp3) is 0.200. The van der Waals surface area contributed by atoms with E-state index in [4.69, 9.17) is 14.2 Å². The third-order valence-electron chi connectivity index (χ3n) is 11.8. The van der Waals surface area contributed by atoms with Crippen molar-refractivity contribution in [3.8, 4) is 86.2 Å². The number of hydrogen-bond donors (Lipinski definition) is 15.